The predicted octanol–water partition coefficient (Wildman–Crippen LogP) is 1.89. The van der Waals surface area contributed by atoms with Crippen LogP contribution in [0.15, 0.2) is 22.7 Å². The second kappa shape index (κ2) is 5.24. The average molecular weight is 318 g/mol. The van der Waals surface area contributed by atoms with Crippen LogP contribution in [0, 0.1) is 0 Å². The number of aromatic nitrogens is 1. The smallest absolute Gasteiger partial charge is 0.465 e. The average Bonchev–Trinajstić information content (AvgIpc) is 2.94. The van der Waals surface area contributed by atoms with E-state index in [-0.39, 0.29) is 6.54 Å². The van der Waals surface area contributed by atoms with Crippen molar-refractivity contribution in [3.63, 3.8) is 0 Å². The first kappa shape index (κ1) is 15.8. The molecule has 3 heterocycles. The molecule has 1 fully saturated rings. The number of hydrogen-bond acceptors (Lipinski definition) is 5. The largest absolute Gasteiger partial charge is 0.496 e. The van der Waals surface area contributed by atoms with Gasteiger partial charge in [-0.3, -0.25) is 0 Å². The van der Waals surface area contributed by atoms with E-state index in [2.05, 4.69) is 10.3 Å². The summed E-state index contributed by atoms with van der Waals surface area (Å²) in [7, 11) is -0.493. The van der Waals surface area contributed by atoms with Crippen molar-refractivity contribution < 1.29 is 23.6 Å². The van der Waals surface area contributed by atoms with Gasteiger partial charge in [-0.25, -0.2) is 9.78 Å². The highest BCUT2D eigenvalue weighted by Gasteiger charge is 2.51. The van der Waals surface area contributed by atoms with Gasteiger partial charge in [0.1, 0.15) is 5.76 Å². The molecule has 0 unspecified atom stereocenters. The molecule has 0 saturated carbocycles. The molecule has 0 aliphatic carbocycles. The second-order valence-electron chi connectivity index (χ2n) is 6.62. The van der Waals surface area contributed by atoms with Gasteiger partial charge in [0.2, 0.25) is 5.71 Å². The Labute approximate surface area is 134 Å². The summed E-state index contributed by atoms with van der Waals surface area (Å²) in [4.78, 5) is 14.8. The lowest BCUT2D eigenvalue weighted by Crippen LogP contribution is -2.41. The molecule has 2 aromatic heterocycles. The van der Waals surface area contributed by atoms with E-state index in [1.54, 1.807) is 12.3 Å². The lowest BCUT2D eigenvalue weighted by molar-refractivity contribution is 0.00578. The van der Waals surface area contributed by atoms with Crippen molar-refractivity contribution in [2.45, 2.75) is 45.4 Å². The quantitative estimate of drug-likeness (QED) is 0.840. The van der Waals surface area contributed by atoms with Gasteiger partial charge >= 0.3 is 13.2 Å². The summed E-state index contributed by atoms with van der Waals surface area (Å²) in [6.45, 7) is 8.06. The van der Waals surface area contributed by atoms with Crippen LogP contribution < -0.4 is 10.8 Å². The normalized spacial score (nSPS) is 19.2. The number of furan rings is 1. The van der Waals surface area contributed by atoms with Crippen LogP contribution in [-0.4, -0.2) is 34.5 Å². The Balaban J connectivity index is 1.85. The maximum absolute atomic E-state index is 10.5. The van der Waals surface area contributed by atoms with Gasteiger partial charge in [-0.1, -0.05) is 0 Å². The van der Waals surface area contributed by atoms with Gasteiger partial charge in [-0.05, 0) is 39.8 Å². The fourth-order valence-electron chi connectivity index (χ4n) is 2.36. The minimum Gasteiger partial charge on any atom is -0.465 e. The Morgan fingerprint density at radius 2 is 1.91 bits per heavy atom. The molecular formula is C15H19BN2O5. The molecule has 0 spiro atoms. The maximum atomic E-state index is 10.5. The van der Waals surface area contributed by atoms with E-state index in [4.69, 9.17) is 18.8 Å². The van der Waals surface area contributed by atoms with Crippen molar-refractivity contribution in [3.8, 4) is 0 Å². The van der Waals surface area contributed by atoms with E-state index in [9.17, 15) is 4.79 Å². The van der Waals surface area contributed by atoms with Gasteiger partial charge in [-0.2, -0.15) is 0 Å². The molecule has 0 aromatic carbocycles. The summed E-state index contributed by atoms with van der Waals surface area (Å²) in [6.07, 6.45) is 0.555. The second-order valence-corrected chi connectivity index (χ2v) is 6.62. The van der Waals surface area contributed by atoms with Gasteiger partial charge in [0.25, 0.3) is 0 Å². The lowest BCUT2D eigenvalue weighted by Gasteiger charge is -2.32. The highest BCUT2D eigenvalue weighted by atomic mass is 16.7. The van der Waals surface area contributed by atoms with Crippen molar-refractivity contribution >= 4 is 29.8 Å². The third-order valence-electron chi connectivity index (χ3n) is 4.38. The monoisotopic (exact) mass is 318 g/mol. The highest BCUT2D eigenvalue weighted by molar-refractivity contribution is 6.62. The van der Waals surface area contributed by atoms with E-state index >= 15 is 0 Å². The summed E-state index contributed by atoms with van der Waals surface area (Å²) >= 11 is 0. The fourth-order valence-corrected chi connectivity index (χ4v) is 2.36. The SMILES string of the molecule is CC1(C)OB(c2cnc3oc(CNC(=O)O)cc3c2)OC1(C)C. The number of nitrogens with zero attached hydrogens (tertiary/aromatic N) is 1. The van der Waals surface area contributed by atoms with Crippen molar-refractivity contribution in [1.29, 1.82) is 0 Å². The molecule has 122 valence electrons. The van der Waals surface area contributed by atoms with E-state index in [0.717, 1.165) is 10.8 Å². The van der Waals surface area contributed by atoms with Crippen LogP contribution in [0.25, 0.3) is 11.1 Å². The maximum Gasteiger partial charge on any atom is 0.496 e. The van der Waals surface area contributed by atoms with Crippen molar-refractivity contribution in [2.75, 3.05) is 0 Å². The molecule has 1 amide bonds. The number of hydrogen-bond donors (Lipinski definition) is 2. The zero-order valence-electron chi connectivity index (χ0n) is 13.5. The van der Waals surface area contributed by atoms with Crippen LogP contribution in [0.2, 0.25) is 0 Å². The zero-order chi connectivity index (χ0) is 16.8. The van der Waals surface area contributed by atoms with E-state index < -0.39 is 24.4 Å². The molecule has 0 radical (unpaired) electrons. The molecule has 7 nitrogen and oxygen atoms in total. The first-order valence-electron chi connectivity index (χ1n) is 7.39. The number of amides is 1. The summed E-state index contributed by atoms with van der Waals surface area (Å²) in [5.74, 6) is 0.501. The molecule has 0 atom stereocenters. The lowest BCUT2D eigenvalue weighted by atomic mass is 9.80. The first-order chi connectivity index (χ1) is 10.7. The molecular weight excluding hydrogens is 299 g/mol. The number of rotatable bonds is 3. The fraction of sp³-hybridized carbons (Fsp3) is 0.467. The molecule has 2 aromatic rings. The number of carbonyl (C=O) groups is 1. The topological polar surface area (TPSA) is 93.8 Å². The third kappa shape index (κ3) is 2.91. The van der Waals surface area contributed by atoms with Crippen LogP contribution in [0.1, 0.15) is 33.5 Å². The van der Waals surface area contributed by atoms with Crippen LogP contribution in [0.5, 0.6) is 0 Å². The first-order valence-corrected chi connectivity index (χ1v) is 7.39. The Kier molecular flexibility index (Phi) is 3.61. The van der Waals surface area contributed by atoms with Gasteiger partial charge < -0.3 is 24.1 Å². The van der Waals surface area contributed by atoms with E-state index in [0.29, 0.717) is 11.5 Å². The summed E-state index contributed by atoms with van der Waals surface area (Å²) in [5, 5.41) is 11.7. The van der Waals surface area contributed by atoms with Crippen molar-refractivity contribution in [3.05, 3.63) is 24.1 Å². The van der Waals surface area contributed by atoms with Gasteiger partial charge in [0.05, 0.1) is 17.7 Å². The van der Waals surface area contributed by atoms with Crippen LogP contribution >= 0.6 is 0 Å². The number of fused-ring (bicyclic) bond motifs is 1. The standard InChI is InChI=1S/C15H19BN2O5/c1-14(2)15(3,4)23-16(22-14)10-5-9-6-11(8-18-13(19)20)21-12(9)17-7-10/h5-7,18H,8H2,1-4H3,(H,19,20). The molecule has 2 N–H and O–H groups in total. The van der Waals surface area contributed by atoms with Crippen LogP contribution in [-0.2, 0) is 15.9 Å². The number of nitrogens with one attached hydrogen (secondary N) is 1. The van der Waals surface area contributed by atoms with Crippen LogP contribution in [0.3, 0.4) is 0 Å². The van der Waals surface area contributed by atoms with E-state index in [1.165, 1.54) is 0 Å². The molecule has 3 rings (SSSR count). The summed E-state index contributed by atoms with van der Waals surface area (Å²) in [5.41, 5.74) is 0.418. The number of carboxylic acid groups (broad SMARTS) is 1. The minimum atomic E-state index is -1.10. The molecule has 1 saturated heterocycles. The van der Waals surface area contributed by atoms with Gasteiger partial charge in [-0.15, -0.1) is 0 Å². The third-order valence-corrected chi connectivity index (χ3v) is 4.38. The minimum absolute atomic E-state index is 0.0948. The summed E-state index contributed by atoms with van der Waals surface area (Å²) in [6, 6.07) is 3.64. The van der Waals surface area contributed by atoms with Gasteiger partial charge in [0.15, 0.2) is 0 Å². The molecule has 23 heavy (non-hydrogen) atoms. The van der Waals surface area contributed by atoms with Crippen LogP contribution in [0.4, 0.5) is 4.79 Å². The number of pyridine rings is 1. The zero-order valence-corrected chi connectivity index (χ0v) is 13.5. The highest BCUT2D eigenvalue weighted by Crippen LogP contribution is 2.36. The Hall–Kier alpha value is -2.06. The Bertz CT molecular complexity index is 739. The summed E-state index contributed by atoms with van der Waals surface area (Å²) < 4.78 is 17.5. The van der Waals surface area contributed by atoms with Crippen molar-refractivity contribution in [1.82, 2.24) is 10.3 Å². The van der Waals surface area contributed by atoms with Gasteiger partial charge in [0, 0.05) is 17.0 Å². The molecule has 1 aliphatic heterocycles. The predicted molar refractivity (Wildman–Crippen MR) is 84.6 cm³/mol. The Morgan fingerprint density at radius 1 is 1.26 bits per heavy atom. The molecule has 1 aliphatic rings. The van der Waals surface area contributed by atoms with Crippen molar-refractivity contribution in [2.24, 2.45) is 0 Å². The molecule has 0 bridgehead atoms. The van der Waals surface area contributed by atoms with E-state index in [1.807, 2.05) is 33.8 Å². The molecule has 8 heteroatoms. The Morgan fingerprint density at radius 3 is 2.52 bits per heavy atom.